The van der Waals surface area contributed by atoms with Crippen LogP contribution in [0, 0.1) is 0 Å². The second-order valence-electron chi connectivity index (χ2n) is 19.7. The van der Waals surface area contributed by atoms with Gasteiger partial charge in [0, 0.05) is 6.42 Å². The highest BCUT2D eigenvalue weighted by Gasteiger charge is 2.44. The number of nitrogens with one attached hydrogen (secondary N) is 1. The predicted molar refractivity (Wildman–Crippen MR) is 281 cm³/mol. The first kappa shape index (κ1) is 63.2. The van der Waals surface area contributed by atoms with Crippen molar-refractivity contribution in [1.29, 1.82) is 0 Å². The number of hydrogen-bond acceptors (Lipinski definition) is 8. The summed E-state index contributed by atoms with van der Waals surface area (Å²) in [6.45, 7) is 3.67. The van der Waals surface area contributed by atoms with Crippen molar-refractivity contribution in [3.05, 3.63) is 48.6 Å². The summed E-state index contributed by atoms with van der Waals surface area (Å²) in [6.07, 6.45) is 56.2. The van der Waals surface area contributed by atoms with E-state index in [1.165, 1.54) is 161 Å². The molecule has 6 N–H and O–H groups in total. The molecule has 1 aliphatic rings. The summed E-state index contributed by atoms with van der Waals surface area (Å²) in [7, 11) is 0. The maximum Gasteiger partial charge on any atom is 0.220 e. The van der Waals surface area contributed by atoms with Gasteiger partial charge in [-0.25, -0.2) is 0 Å². The Morgan fingerprint density at radius 1 is 0.522 bits per heavy atom. The van der Waals surface area contributed by atoms with Crippen LogP contribution in [0.25, 0.3) is 0 Å². The molecule has 0 bridgehead atoms. The molecule has 0 aromatic carbocycles. The third-order valence-corrected chi connectivity index (χ3v) is 13.4. The van der Waals surface area contributed by atoms with Crippen LogP contribution in [0.4, 0.5) is 0 Å². The van der Waals surface area contributed by atoms with Gasteiger partial charge in [0.15, 0.2) is 6.29 Å². The van der Waals surface area contributed by atoms with Gasteiger partial charge in [-0.15, -0.1) is 0 Å². The van der Waals surface area contributed by atoms with E-state index in [4.69, 9.17) is 9.47 Å². The summed E-state index contributed by atoms with van der Waals surface area (Å²) in [5, 5.41) is 54.4. The maximum absolute atomic E-state index is 13.0. The number of ether oxygens (including phenoxy) is 2. The molecule has 1 aliphatic heterocycles. The van der Waals surface area contributed by atoms with Crippen molar-refractivity contribution in [2.75, 3.05) is 13.2 Å². The number of carbonyl (C=O) groups is 1. The maximum atomic E-state index is 13.0. The Labute approximate surface area is 412 Å². The summed E-state index contributed by atoms with van der Waals surface area (Å²) in [5.41, 5.74) is 0. The number of aliphatic hydroxyl groups is 5. The van der Waals surface area contributed by atoms with Gasteiger partial charge in [0.2, 0.25) is 5.91 Å². The highest BCUT2D eigenvalue weighted by atomic mass is 16.7. The standard InChI is InChI=1S/C58H107NO8/c1-3-5-7-9-11-13-15-17-19-20-21-22-23-24-25-26-27-28-29-30-31-32-34-35-37-39-41-43-45-47-52(61)51(50-66-58-57(65)56(64)55(63)53(49-60)67-58)59-54(62)48-46-44-42-40-38-36-33-18-16-14-12-10-8-6-4-2/h6,8,12,14,18,33,45,47,51-53,55-58,60-61,63-65H,3-5,7,9-11,13,15-17,19-32,34-44,46,48-50H2,1-2H3,(H,59,62)/b8-6-,14-12-,33-18-,47-45+. The highest BCUT2D eigenvalue weighted by Crippen LogP contribution is 2.23. The lowest BCUT2D eigenvalue weighted by Crippen LogP contribution is -2.60. The number of aliphatic hydroxyl groups excluding tert-OH is 5. The minimum absolute atomic E-state index is 0.193. The van der Waals surface area contributed by atoms with Gasteiger partial charge in [0.25, 0.3) is 0 Å². The average Bonchev–Trinajstić information content (AvgIpc) is 3.33. The normalized spacial score (nSPS) is 20.0. The quantitative estimate of drug-likeness (QED) is 0.0261. The van der Waals surface area contributed by atoms with E-state index < -0.39 is 49.5 Å². The van der Waals surface area contributed by atoms with Gasteiger partial charge >= 0.3 is 0 Å². The molecule has 7 unspecified atom stereocenters. The Kier molecular flexibility index (Phi) is 45.1. The zero-order valence-corrected chi connectivity index (χ0v) is 43.4. The second-order valence-corrected chi connectivity index (χ2v) is 19.7. The molecule has 392 valence electrons. The number of hydrogen-bond donors (Lipinski definition) is 6. The van der Waals surface area contributed by atoms with E-state index in [9.17, 15) is 30.3 Å². The third kappa shape index (κ3) is 37.6. The molecule has 67 heavy (non-hydrogen) atoms. The van der Waals surface area contributed by atoms with Crippen molar-refractivity contribution >= 4 is 5.91 Å². The topological polar surface area (TPSA) is 149 Å². The Bertz CT molecular complexity index is 1190. The Morgan fingerprint density at radius 2 is 0.925 bits per heavy atom. The van der Waals surface area contributed by atoms with Crippen LogP contribution in [0.3, 0.4) is 0 Å². The molecular formula is C58H107NO8. The van der Waals surface area contributed by atoms with Crippen LogP contribution in [0.5, 0.6) is 0 Å². The zero-order chi connectivity index (χ0) is 48.7. The van der Waals surface area contributed by atoms with Gasteiger partial charge in [0.05, 0.1) is 25.4 Å². The molecule has 1 fully saturated rings. The number of allylic oxidation sites excluding steroid dienone is 7. The summed E-state index contributed by atoms with van der Waals surface area (Å²) < 4.78 is 11.2. The summed E-state index contributed by atoms with van der Waals surface area (Å²) in [4.78, 5) is 13.0. The Morgan fingerprint density at radius 3 is 1.37 bits per heavy atom. The molecule has 1 heterocycles. The molecule has 7 atom stereocenters. The number of rotatable bonds is 48. The lowest BCUT2D eigenvalue weighted by Gasteiger charge is -2.40. The fraction of sp³-hybridized carbons (Fsp3) is 0.845. The first-order valence-electron chi connectivity index (χ1n) is 28.4. The summed E-state index contributed by atoms with van der Waals surface area (Å²) in [6, 6.07) is -0.815. The Balaban J connectivity index is 2.19. The molecule has 1 amide bonds. The van der Waals surface area contributed by atoms with Gasteiger partial charge < -0.3 is 40.3 Å². The lowest BCUT2D eigenvalue weighted by molar-refractivity contribution is -0.302. The van der Waals surface area contributed by atoms with E-state index in [0.717, 1.165) is 77.0 Å². The molecule has 0 saturated carbocycles. The number of amides is 1. The zero-order valence-electron chi connectivity index (χ0n) is 43.4. The van der Waals surface area contributed by atoms with E-state index >= 15 is 0 Å². The largest absolute Gasteiger partial charge is 0.394 e. The monoisotopic (exact) mass is 946 g/mol. The fourth-order valence-corrected chi connectivity index (χ4v) is 8.94. The molecule has 1 rings (SSSR count). The molecule has 9 heteroatoms. The van der Waals surface area contributed by atoms with Gasteiger partial charge in [-0.1, -0.05) is 249 Å². The molecule has 9 nitrogen and oxygen atoms in total. The van der Waals surface area contributed by atoms with Crippen LogP contribution in [0.1, 0.15) is 258 Å². The minimum atomic E-state index is -1.57. The van der Waals surface area contributed by atoms with Crippen molar-refractivity contribution in [3.8, 4) is 0 Å². The van der Waals surface area contributed by atoms with Crippen molar-refractivity contribution in [2.45, 2.75) is 301 Å². The van der Waals surface area contributed by atoms with E-state index in [1.807, 2.05) is 6.08 Å². The number of unbranched alkanes of at least 4 members (excludes halogenated alkanes) is 32. The summed E-state index contributed by atoms with van der Waals surface area (Å²) >= 11 is 0. The minimum Gasteiger partial charge on any atom is -0.394 e. The van der Waals surface area contributed by atoms with Crippen LogP contribution in [-0.4, -0.2) is 87.5 Å². The van der Waals surface area contributed by atoms with Crippen LogP contribution in [0.15, 0.2) is 48.6 Å². The van der Waals surface area contributed by atoms with E-state index in [2.05, 4.69) is 55.6 Å². The fourth-order valence-electron chi connectivity index (χ4n) is 8.94. The predicted octanol–water partition coefficient (Wildman–Crippen LogP) is 13.7. The van der Waals surface area contributed by atoms with Gasteiger partial charge in [-0.2, -0.15) is 0 Å². The Hall–Kier alpha value is -1.85. The average molecular weight is 946 g/mol. The van der Waals surface area contributed by atoms with Crippen molar-refractivity contribution < 1.29 is 39.8 Å². The molecule has 1 saturated heterocycles. The highest BCUT2D eigenvalue weighted by molar-refractivity contribution is 5.76. The van der Waals surface area contributed by atoms with Gasteiger partial charge in [-0.3, -0.25) is 4.79 Å². The molecule has 0 radical (unpaired) electrons. The van der Waals surface area contributed by atoms with Gasteiger partial charge in [-0.05, 0) is 51.4 Å². The first-order chi connectivity index (χ1) is 32.8. The van der Waals surface area contributed by atoms with Crippen molar-refractivity contribution in [1.82, 2.24) is 5.32 Å². The second kappa shape index (κ2) is 47.8. The lowest BCUT2D eigenvalue weighted by atomic mass is 9.99. The first-order valence-corrected chi connectivity index (χ1v) is 28.4. The molecule has 0 aromatic heterocycles. The molecule has 0 spiro atoms. The molecular weight excluding hydrogens is 839 g/mol. The van der Waals surface area contributed by atoms with E-state index in [1.54, 1.807) is 6.08 Å². The van der Waals surface area contributed by atoms with Crippen LogP contribution in [-0.2, 0) is 14.3 Å². The SMILES string of the molecule is CC/C=C\C/C=C\C/C=C\CCCCCCCC(=O)NC(COC1OC(CO)C(O)C(O)C1O)C(O)/C=C/CCCCCCCCCCCCCCCCCCCCCCCCCCCCC. The van der Waals surface area contributed by atoms with Crippen molar-refractivity contribution in [2.24, 2.45) is 0 Å². The smallest absolute Gasteiger partial charge is 0.220 e. The number of carbonyl (C=O) groups excluding carboxylic acids is 1. The summed E-state index contributed by atoms with van der Waals surface area (Å²) in [5.74, 6) is -0.193. The van der Waals surface area contributed by atoms with Crippen LogP contribution in [0.2, 0.25) is 0 Å². The third-order valence-electron chi connectivity index (χ3n) is 13.4. The van der Waals surface area contributed by atoms with Crippen LogP contribution < -0.4 is 5.32 Å². The molecule has 0 aliphatic carbocycles. The van der Waals surface area contributed by atoms with Crippen LogP contribution >= 0.6 is 0 Å². The molecule has 0 aromatic rings. The van der Waals surface area contributed by atoms with Gasteiger partial charge in [0.1, 0.15) is 24.4 Å². The van der Waals surface area contributed by atoms with E-state index in [0.29, 0.717) is 6.42 Å². The van der Waals surface area contributed by atoms with Crippen molar-refractivity contribution in [3.63, 3.8) is 0 Å². The van der Waals surface area contributed by atoms with E-state index in [-0.39, 0.29) is 12.5 Å².